The number of nitrogens with one attached hydrogen (secondary N) is 1. The number of carbonyl (C=O) groups excluding carboxylic acids is 2. The highest BCUT2D eigenvalue weighted by atomic mass is 16.2. The van der Waals surface area contributed by atoms with Gasteiger partial charge in [0.15, 0.2) is 0 Å². The van der Waals surface area contributed by atoms with Crippen molar-refractivity contribution in [1.29, 1.82) is 0 Å². The third-order valence-corrected chi connectivity index (χ3v) is 3.48. The molecule has 0 aliphatic heterocycles. The maximum absolute atomic E-state index is 12.1. The molecule has 0 saturated heterocycles. The summed E-state index contributed by atoms with van der Waals surface area (Å²) in [4.78, 5) is 25.5. The Bertz CT molecular complexity index is 711. The van der Waals surface area contributed by atoms with Gasteiger partial charge in [-0.1, -0.05) is 24.3 Å². The molecule has 5 heteroatoms. The number of hydrogen-bond donors (Lipinski definition) is 2. The number of aryl methyl sites for hydroxylation is 1. The van der Waals surface area contributed by atoms with Crippen LogP contribution in [0.15, 0.2) is 48.5 Å². The van der Waals surface area contributed by atoms with Crippen molar-refractivity contribution in [2.24, 2.45) is 0 Å². The molecule has 5 nitrogen and oxygen atoms in total. The van der Waals surface area contributed by atoms with E-state index in [2.05, 4.69) is 5.32 Å². The Morgan fingerprint density at radius 2 is 1.83 bits per heavy atom. The van der Waals surface area contributed by atoms with Crippen LogP contribution >= 0.6 is 0 Å². The summed E-state index contributed by atoms with van der Waals surface area (Å²) in [5.74, 6) is -0.208. The van der Waals surface area contributed by atoms with Crippen LogP contribution in [0.1, 0.15) is 22.3 Å². The van der Waals surface area contributed by atoms with Gasteiger partial charge in [0.1, 0.15) is 0 Å². The maximum Gasteiger partial charge on any atom is 0.253 e. The summed E-state index contributed by atoms with van der Waals surface area (Å²) >= 11 is 0. The van der Waals surface area contributed by atoms with Gasteiger partial charge >= 0.3 is 0 Å². The van der Waals surface area contributed by atoms with Crippen molar-refractivity contribution in [2.75, 3.05) is 25.1 Å². The van der Waals surface area contributed by atoms with Crippen molar-refractivity contribution in [3.63, 3.8) is 0 Å². The van der Waals surface area contributed by atoms with Crippen LogP contribution < -0.4 is 11.1 Å². The van der Waals surface area contributed by atoms with Crippen LogP contribution in [-0.4, -0.2) is 30.8 Å². The number of anilines is 2. The molecule has 0 bridgehead atoms. The molecule has 0 heterocycles. The Hall–Kier alpha value is -2.82. The van der Waals surface area contributed by atoms with Crippen molar-refractivity contribution < 1.29 is 9.59 Å². The third kappa shape index (κ3) is 4.57. The number of para-hydroxylation sites is 1. The summed E-state index contributed by atoms with van der Waals surface area (Å²) in [5.41, 5.74) is 8.67. The second kappa shape index (κ2) is 7.45. The van der Waals surface area contributed by atoms with Gasteiger partial charge in [-0.25, -0.2) is 0 Å². The second-order valence-electron chi connectivity index (χ2n) is 5.53. The predicted octanol–water partition coefficient (Wildman–Crippen LogP) is 2.54. The zero-order valence-electron chi connectivity index (χ0n) is 13.4. The largest absolute Gasteiger partial charge is 0.399 e. The van der Waals surface area contributed by atoms with Crippen LogP contribution in [-0.2, 0) is 11.2 Å². The van der Waals surface area contributed by atoms with Gasteiger partial charge in [-0.05, 0) is 36.2 Å². The van der Waals surface area contributed by atoms with Crippen LogP contribution in [0.5, 0.6) is 0 Å². The molecule has 0 aliphatic rings. The van der Waals surface area contributed by atoms with Gasteiger partial charge in [-0.2, -0.15) is 0 Å². The monoisotopic (exact) mass is 311 g/mol. The zero-order valence-corrected chi connectivity index (χ0v) is 13.4. The fourth-order valence-corrected chi connectivity index (χ4v) is 2.22. The van der Waals surface area contributed by atoms with Gasteiger partial charge in [0.2, 0.25) is 5.91 Å². The quantitative estimate of drug-likeness (QED) is 0.833. The fourth-order valence-electron chi connectivity index (χ4n) is 2.22. The molecule has 0 unspecified atom stereocenters. The number of benzene rings is 2. The SMILES string of the molecule is CN(C)C(=O)c1cccc(NC(=O)CCc2ccccc2N)c1. The first-order valence-electron chi connectivity index (χ1n) is 7.42. The van der Waals surface area contributed by atoms with Gasteiger partial charge in [0.25, 0.3) is 5.91 Å². The number of rotatable bonds is 5. The molecule has 2 aromatic carbocycles. The molecule has 0 aliphatic carbocycles. The van der Waals surface area contributed by atoms with Crippen molar-refractivity contribution in [3.05, 3.63) is 59.7 Å². The fraction of sp³-hybridized carbons (Fsp3) is 0.222. The van der Waals surface area contributed by atoms with E-state index in [4.69, 9.17) is 5.73 Å². The minimum absolute atomic E-state index is 0.0989. The number of nitrogens with zero attached hydrogens (tertiary/aromatic N) is 1. The number of amides is 2. The highest BCUT2D eigenvalue weighted by Crippen LogP contribution is 2.15. The highest BCUT2D eigenvalue weighted by Gasteiger charge is 2.10. The number of nitrogen functional groups attached to an aromatic ring is 1. The van der Waals surface area contributed by atoms with E-state index in [-0.39, 0.29) is 11.8 Å². The summed E-state index contributed by atoms with van der Waals surface area (Å²) < 4.78 is 0. The first-order valence-corrected chi connectivity index (χ1v) is 7.42. The number of carbonyl (C=O) groups is 2. The summed E-state index contributed by atoms with van der Waals surface area (Å²) in [5, 5.41) is 2.82. The molecule has 23 heavy (non-hydrogen) atoms. The summed E-state index contributed by atoms with van der Waals surface area (Å²) in [6.45, 7) is 0. The van der Waals surface area contributed by atoms with Crippen LogP contribution in [0, 0.1) is 0 Å². The molecule has 2 aromatic rings. The first-order chi connectivity index (χ1) is 11.0. The molecule has 0 saturated carbocycles. The van der Waals surface area contributed by atoms with Crippen molar-refractivity contribution >= 4 is 23.2 Å². The summed E-state index contributed by atoms with van der Waals surface area (Å²) in [6, 6.07) is 14.4. The van der Waals surface area contributed by atoms with E-state index in [0.29, 0.717) is 29.8 Å². The van der Waals surface area contributed by atoms with E-state index in [1.165, 1.54) is 4.90 Å². The molecule has 0 fully saturated rings. The molecule has 0 radical (unpaired) electrons. The van der Waals surface area contributed by atoms with Gasteiger partial charge < -0.3 is 16.0 Å². The molecule has 2 amide bonds. The van der Waals surface area contributed by atoms with Gasteiger partial charge in [0, 0.05) is 37.5 Å². The van der Waals surface area contributed by atoms with Crippen molar-refractivity contribution in [3.8, 4) is 0 Å². The van der Waals surface area contributed by atoms with Crippen LogP contribution in [0.2, 0.25) is 0 Å². The normalized spacial score (nSPS) is 10.2. The first kappa shape index (κ1) is 16.5. The smallest absolute Gasteiger partial charge is 0.253 e. The molecule has 0 atom stereocenters. The lowest BCUT2D eigenvalue weighted by atomic mass is 10.1. The Morgan fingerprint density at radius 1 is 1.09 bits per heavy atom. The molecule has 2 rings (SSSR count). The lowest BCUT2D eigenvalue weighted by molar-refractivity contribution is -0.116. The lowest BCUT2D eigenvalue weighted by Crippen LogP contribution is -2.22. The minimum Gasteiger partial charge on any atom is -0.399 e. The van der Waals surface area contributed by atoms with Gasteiger partial charge in [0.05, 0.1) is 0 Å². The Balaban J connectivity index is 1.97. The van der Waals surface area contributed by atoms with Crippen molar-refractivity contribution in [1.82, 2.24) is 4.90 Å². The van der Waals surface area contributed by atoms with E-state index < -0.39 is 0 Å². The van der Waals surface area contributed by atoms with Gasteiger partial charge in [-0.3, -0.25) is 9.59 Å². The predicted molar refractivity (Wildman–Crippen MR) is 92.3 cm³/mol. The van der Waals surface area contributed by atoms with Crippen LogP contribution in [0.4, 0.5) is 11.4 Å². The van der Waals surface area contributed by atoms with E-state index in [1.54, 1.807) is 38.4 Å². The standard InChI is InChI=1S/C18H21N3O2/c1-21(2)18(23)14-7-5-8-15(12-14)20-17(22)11-10-13-6-3-4-9-16(13)19/h3-9,12H,10-11,19H2,1-2H3,(H,20,22). The number of hydrogen-bond acceptors (Lipinski definition) is 3. The average Bonchev–Trinajstić information content (AvgIpc) is 2.53. The van der Waals surface area contributed by atoms with Gasteiger partial charge in [-0.15, -0.1) is 0 Å². The molecular weight excluding hydrogens is 290 g/mol. The lowest BCUT2D eigenvalue weighted by Gasteiger charge is -2.12. The highest BCUT2D eigenvalue weighted by molar-refractivity contribution is 5.97. The molecular formula is C18H21N3O2. The average molecular weight is 311 g/mol. The number of nitrogens with two attached hydrogens (primary N) is 1. The Labute approximate surface area is 136 Å². The molecule has 0 spiro atoms. The van der Waals surface area contributed by atoms with Crippen LogP contribution in [0.3, 0.4) is 0 Å². The molecule has 3 N–H and O–H groups in total. The third-order valence-electron chi connectivity index (χ3n) is 3.48. The van der Waals surface area contributed by atoms with E-state index in [0.717, 1.165) is 5.56 Å². The maximum atomic E-state index is 12.1. The van der Waals surface area contributed by atoms with E-state index >= 15 is 0 Å². The molecule has 0 aromatic heterocycles. The topological polar surface area (TPSA) is 75.4 Å². The minimum atomic E-state index is -0.109. The Kier molecular flexibility index (Phi) is 5.36. The van der Waals surface area contributed by atoms with E-state index in [9.17, 15) is 9.59 Å². The van der Waals surface area contributed by atoms with E-state index in [1.807, 2.05) is 24.3 Å². The zero-order chi connectivity index (χ0) is 16.8. The summed E-state index contributed by atoms with van der Waals surface area (Å²) in [6.07, 6.45) is 0.912. The summed E-state index contributed by atoms with van der Waals surface area (Å²) in [7, 11) is 3.38. The van der Waals surface area contributed by atoms with Crippen LogP contribution in [0.25, 0.3) is 0 Å². The Morgan fingerprint density at radius 3 is 2.52 bits per heavy atom. The molecule has 120 valence electrons. The van der Waals surface area contributed by atoms with Crippen molar-refractivity contribution in [2.45, 2.75) is 12.8 Å². The second-order valence-corrected chi connectivity index (χ2v) is 5.53.